The van der Waals surface area contributed by atoms with E-state index in [2.05, 4.69) is 21.2 Å². The first-order valence-electron chi connectivity index (χ1n) is 3.53. The van der Waals surface area contributed by atoms with Gasteiger partial charge in [0.1, 0.15) is 5.75 Å². The zero-order valence-corrected chi connectivity index (χ0v) is 9.41. The maximum atomic E-state index is 5.35. The van der Waals surface area contributed by atoms with Gasteiger partial charge in [-0.15, -0.1) is 0 Å². The Hall–Kier alpha value is -0.810. The van der Waals surface area contributed by atoms with E-state index < -0.39 is 0 Å². The van der Waals surface area contributed by atoms with Gasteiger partial charge in [0.2, 0.25) is 0 Å². The quantitative estimate of drug-likeness (QED) is 0.800. The summed E-state index contributed by atoms with van der Waals surface area (Å²) in [6.07, 6.45) is 0. The van der Waals surface area contributed by atoms with Crippen LogP contribution in [0.3, 0.4) is 0 Å². The number of nitrogens with one attached hydrogen (secondary N) is 1. The lowest BCUT2D eigenvalue weighted by atomic mass is 10.3. The van der Waals surface area contributed by atoms with Gasteiger partial charge < -0.3 is 15.8 Å². The van der Waals surface area contributed by atoms with Gasteiger partial charge in [0.15, 0.2) is 5.11 Å². The summed E-state index contributed by atoms with van der Waals surface area (Å²) >= 11 is 8.06. The van der Waals surface area contributed by atoms with E-state index in [9.17, 15) is 0 Å². The maximum Gasteiger partial charge on any atom is 0.168 e. The Morgan fingerprint density at radius 2 is 2.31 bits per heavy atom. The molecule has 0 aromatic heterocycles. The highest BCUT2D eigenvalue weighted by Gasteiger charge is 2.02. The topological polar surface area (TPSA) is 47.3 Å². The van der Waals surface area contributed by atoms with Crippen molar-refractivity contribution in [3.05, 3.63) is 22.7 Å². The van der Waals surface area contributed by atoms with Crippen LogP contribution in [0, 0.1) is 0 Å². The second-order valence-corrected chi connectivity index (χ2v) is 3.69. The van der Waals surface area contributed by atoms with E-state index in [1.807, 2.05) is 18.2 Å². The maximum absolute atomic E-state index is 5.35. The number of benzene rings is 1. The molecule has 0 bridgehead atoms. The van der Waals surface area contributed by atoms with Gasteiger partial charge in [0, 0.05) is 4.47 Å². The summed E-state index contributed by atoms with van der Waals surface area (Å²) in [6.45, 7) is 0. The number of methoxy groups -OCH3 is 1. The zero-order valence-electron chi connectivity index (χ0n) is 7.00. The molecule has 0 atom stereocenters. The molecule has 0 radical (unpaired) electrons. The van der Waals surface area contributed by atoms with Crippen LogP contribution in [0.4, 0.5) is 5.69 Å². The first-order valence-corrected chi connectivity index (χ1v) is 4.73. The molecule has 0 aliphatic heterocycles. The number of halogens is 1. The first-order chi connectivity index (χ1) is 6.13. The molecule has 1 aromatic carbocycles. The number of ether oxygens (including phenoxy) is 1. The molecule has 0 amide bonds. The average molecular weight is 261 g/mol. The molecule has 70 valence electrons. The van der Waals surface area contributed by atoms with Crippen LogP contribution < -0.4 is 15.8 Å². The average Bonchev–Trinajstić information content (AvgIpc) is 2.03. The molecule has 1 aromatic rings. The lowest BCUT2D eigenvalue weighted by Crippen LogP contribution is -2.19. The molecule has 3 nitrogen and oxygen atoms in total. The highest BCUT2D eigenvalue weighted by molar-refractivity contribution is 9.10. The largest absolute Gasteiger partial charge is 0.495 e. The van der Waals surface area contributed by atoms with Crippen LogP contribution >= 0.6 is 28.1 Å². The van der Waals surface area contributed by atoms with Crippen molar-refractivity contribution in [2.24, 2.45) is 5.73 Å². The second-order valence-electron chi connectivity index (χ2n) is 2.33. The second kappa shape index (κ2) is 4.43. The first kappa shape index (κ1) is 10.3. The van der Waals surface area contributed by atoms with Crippen molar-refractivity contribution in [3.8, 4) is 5.75 Å². The smallest absolute Gasteiger partial charge is 0.168 e. The predicted octanol–water partition coefficient (Wildman–Crippen LogP) is 2.11. The highest BCUT2D eigenvalue weighted by atomic mass is 79.9. The molecular formula is C8H9BrN2OS. The summed E-state index contributed by atoms with van der Waals surface area (Å²) in [5.41, 5.74) is 6.10. The number of nitrogens with two attached hydrogens (primary N) is 1. The van der Waals surface area contributed by atoms with Crippen LogP contribution in [0.2, 0.25) is 0 Å². The van der Waals surface area contributed by atoms with Crippen LogP contribution in [0.1, 0.15) is 0 Å². The monoisotopic (exact) mass is 260 g/mol. The van der Waals surface area contributed by atoms with E-state index in [4.69, 9.17) is 22.7 Å². The molecule has 0 fully saturated rings. The summed E-state index contributed by atoms with van der Waals surface area (Å²) in [7, 11) is 1.59. The van der Waals surface area contributed by atoms with Gasteiger partial charge in [0.25, 0.3) is 0 Å². The Morgan fingerprint density at radius 1 is 1.62 bits per heavy atom. The van der Waals surface area contributed by atoms with Crippen molar-refractivity contribution < 1.29 is 4.74 Å². The normalized spacial score (nSPS) is 9.38. The fourth-order valence-electron chi connectivity index (χ4n) is 0.911. The van der Waals surface area contributed by atoms with E-state index in [0.29, 0.717) is 5.75 Å². The molecule has 5 heteroatoms. The van der Waals surface area contributed by atoms with E-state index in [0.717, 1.165) is 10.2 Å². The Balaban J connectivity index is 3.01. The fourth-order valence-corrected chi connectivity index (χ4v) is 1.38. The number of hydrogen-bond acceptors (Lipinski definition) is 2. The molecule has 1 rings (SSSR count). The summed E-state index contributed by atoms with van der Waals surface area (Å²) < 4.78 is 6.04. The lowest BCUT2D eigenvalue weighted by molar-refractivity contribution is 0.417. The SMILES string of the molecule is COc1ccc(Br)cc1NC(N)=S. The molecule has 0 aliphatic carbocycles. The number of thiocarbonyl (C=S) groups is 1. The Labute approximate surface area is 90.4 Å². The van der Waals surface area contributed by atoms with Gasteiger partial charge in [-0.25, -0.2) is 0 Å². The lowest BCUT2D eigenvalue weighted by Gasteiger charge is -2.09. The highest BCUT2D eigenvalue weighted by Crippen LogP contribution is 2.27. The summed E-state index contributed by atoms with van der Waals surface area (Å²) in [6, 6.07) is 5.55. The molecule has 0 heterocycles. The van der Waals surface area contributed by atoms with E-state index in [1.165, 1.54) is 0 Å². The van der Waals surface area contributed by atoms with Crippen LogP contribution in [0.25, 0.3) is 0 Å². The Bertz CT molecular complexity index is 330. The van der Waals surface area contributed by atoms with E-state index >= 15 is 0 Å². The number of rotatable bonds is 2. The van der Waals surface area contributed by atoms with Crippen LogP contribution in [0.15, 0.2) is 22.7 Å². The molecule has 0 aliphatic rings. The van der Waals surface area contributed by atoms with Crippen molar-refractivity contribution in [2.75, 3.05) is 12.4 Å². The molecule has 0 spiro atoms. The van der Waals surface area contributed by atoms with Crippen molar-refractivity contribution in [2.45, 2.75) is 0 Å². The Kier molecular flexibility index (Phi) is 3.50. The van der Waals surface area contributed by atoms with Crippen molar-refractivity contribution in [1.29, 1.82) is 0 Å². The summed E-state index contributed by atoms with van der Waals surface area (Å²) in [4.78, 5) is 0. The molecular weight excluding hydrogens is 252 g/mol. The zero-order chi connectivity index (χ0) is 9.84. The van der Waals surface area contributed by atoms with Gasteiger partial charge in [-0.05, 0) is 30.4 Å². The minimum Gasteiger partial charge on any atom is -0.495 e. The molecule has 0 saturated carbocycles. The minimum atomic E-state index is 0.219. The van der Waals surface area contributed by atoms with Crippen LogP contribution in [0.5, 0.6) is 5.75 Å². The Morgan fingerprint density at radius 3 is 2.85 bits per heavy atom. The summed E-state index contributed by atoms with van der Waals surface area (Å²) in [5, 5.41) is 3.04. The molecule has 13 heavy (non-hydrogen) atoms. The van der Waals surface area contributed by atoms with Gasteiger partial charge in [-0.2, -0.15) is 0 Å². The predicted molar refractivity (Wildman–Crippen MR) is 61.1 cm³/mol. The third-order valence-corrected chi connectivity index (χ3v) is 2.01. The van der Waals surface area contributed by atoms with Gasteiger partial charge >= 0.3 is 0 Å². The third-order valence-electron chi connectivity index (χ3n) is 1.42. The van der Waals surface area contributed by atoms with E-state index in [-0.39, 0.29) is 5.11 Å². The van der Waals surface area contributed by atoms with Gasteiger partial charge in [0.05, 0.1) is 12.8 Å². The third kappa shape index (κ3) is 2.86. The van der Waals surface area contributed by atoms with Crippen molar-refractivity contribution in [3.63, 3.8) is 0 Å². The summed E-state index contributed by atoms with van der Waals surface area (Å²) in [5.74, 6) is 0.705. The number of hydrogen-bond donors (Lipinski definition) is 2. The van der Waals surface area contributed by atoms with Crippen molar-refractivity contribution in [1.82, 2.24) is 0 Å². The van der Waals surface area contributed by atoms with Gasteiger partial charge in [-0.3, -0.25) is 0 Å². The molecule has 0 saturated heterocycles. The van der Waals surface area contributed by atoms with Crippen LogP contribution in [-0.2, 0) is 0 Å². The number of anilines is 1. The minimum absolute atomic E-state index is 0.219. The molecule has 0 unspecified atom stereocenters. The van der Waals surface area contributed by atoms with Crippen molar-refractivity contribution >= 4 is 38.9 Å². The standard InChI is InChI=1S/C8H9BrN2OS/c1-12-7-3-2-5(9)4-6(7)11-8(10)13/h2-4H,1H3,(H3,10,11,13). The van der Waals surface area contributed by atoms with E-state index in [1.54, 1.807) is 7.11 Å². The molecule has 3 N–H and O–H groups in total. The fraction of sp³-hybridized carbons (Fsp3) is 0.125. The van der Waals surface area contributed by atoms with Crippen LogP contribution in [-0.4, -0.2) is 12.2 Å². The van der Waals surface area contributed by atoms with Gasteiger partial charge in [-0.1, -0.05) is 15.9 Å².